The van der Waals surface area contributed by atoms with Gasteiger partial charge in [-0.3, -0.25) is 10.1 Å². The zero-order valence-corrected chi connectivity index (χ0v) is 10.8. The molecule has 0 aromatic heterocycles. The SMILES string of the molecule is CNS(=O)(=O)CC(N)(N)c1cc([N+](=O)[O-])ccc1F. The number of halogens is 1. The van der Waals surface area contributed by atoms with Crippen LogP contribution in [0.3, 0.4) is 0 Å². The van der Waals surface area contributed by atoms with Gasteiger partial charge in [0.25, 0.3) is 5.69 Å². The Kier molecular flexibility index (Phi) is 4.20. The molecule has 0 radical (unpaired) electrons. The van der Waals surface area contributed by atoms with Gasteiger partial charge in [-0.15, -0.1) is 0 Å². The van der Waals surface area contributed by atoms with Gasteiger partial charge in [0, 0.05) is 17.7 Å². The highest BCUT2D eigenvalue weighted by Crippen LogP contribution is 2.23. The molecule has 19 heavy (non-hydrogen) atoms. The summed E-state index contributed by atoms with van der Waals surface area (Å²) in [5.74, 6) is -1.73. The van der Waals surface area contributed by atoms with Crippen molar-refractivity contribution in [2.75, 3.05) is 12.8 Å². The van der Waals surface area contributed by atoms with E-state index in [4.69, 9.17) is 11.5 Å². The molecule has 10 heteroatoms. The van der Waals surface area contributed by atoms with Crippen LogP contribution in [-0.2, 0) is 15.7 Å². The fourth-order valence-electron chi connectivity index (χ4n) is 1.45. The lowest BCUT2D eigenvalue weighted by molar-refractivity contribution is -0.385. The van der Waals surface area contributed by atoms with Gasteiger partial charge in [0.1, 0.15) is 11.5 Å². The van der Waals surface area contributed by atoms with Crippen molar-refractivity contribution < 1.29 is 17.7 Å². The molecule has 0 aliphatic heterocycles. The second-order valence-electron chi connectivity index (χ2n) is 3.92. The Morgan fingerprint density at radius 3 is 2.53 bits per heavy atom. The van der Waals surface area contributed by atoms with Crippen molar-refractivity contribution in [3.8, 4) is 0 Å². The molecule has 1 aromatic carbocycles. The van der Waals surface area contributed by atoms with Crippen molar-refractivity contribution in [1.29, 1.82) is 0 Å². The summed E-state index contributed by atoms with van der Waals surface area (Å²) >= 11 is 0. The highest BCUT2D eigenvalue weighted by atomic mass is 32.2. The molecule has 0 bridgehead atoms. The average molecular weight is 292 g/mol. The average Bonchev–Trinajstić information content (AvgIpc) is 2.27. The summed E-state index contributed by atoms with van der Waals surface area (Å²) in [6.45, 7) is 0. The number of nitrogens with zero attached hydrogens (tertiary/aromatic N) is 1. The molecule has 1 rings (SSSR count). The summed E-state index contributed by atoms with van der Waals surface area (Å²) in [4.78, 5) is 9.85. The standard InChI is InChI=1S/C9H13FN4O4S/c1-13-19(17,18)5-9(11,12)7-4-6(14(15)16)2-3-8(7)10/h2-4,13H,5,11-12H2,1H3. The van der Waals surface area contributed by atoms with Crippen LogP contribution in [-0.4, -0.2) is 26.1 Å². The topological polar surface area (TPSA) is 141 Å². The van der Waals surface area contributed by atoms with Crippen molar-refractivity contribution >= 4 is 15.7 Å². The number of nitrogens with two attached hydrogens (primary N) is 2. The molecule has 0 unspecified atom stereocenters. The molecule has 0 amide bonds. The molecule has 8 nitrogen and oxygen atoms in total. The Morgan fingerprint density at radius 1 is 1.47 bits per heavy atom. The molecule has 5 N–H and O–H groups in total. The van der Waals surface area contributed by atoms with E-state index in [1.165, 1.54) is 0 Å². The van der Waals surface area contributed by atoms with Crippen LogP contribution in [0.1, 0.15) is 5.56 Å². The summed E-state index contributed by atoms with van der Waals surface area (Å²) in [7, 11) is -2.66. The summed E-state index contributed by atoms with van der Waals surface area (Å²) in [6, 6.07) is 2.57. The van der Waals surface area contributed by atoms with Crippen LogP contribution in [0.15, 0.2) is 18.2 Å². The molecule has 0 saturated heterocycles. The number of nitro benzene ring substituents is 1. The van der Waals surface area contributed by atoms with E-state index in [0.717, 1.165) is 25.2 Å². The Hall–Kier alpha value is -1.62. The molecule has 0 aliphatic rings. The van der Waals surface area contributed by atoms with Crippen molar-refractivity contribution in [1.82, 2.24) is 4.72 Å². The van der Waals surface area contributed by atoms with Crippen LogP contribution >= 0.6 is 0 Å². The first-order valence-corrected chi connectivity index (χ1v) is 6.68. The van der Waals surface area contributed by atoms with Gasteiger partial charge in [0.15, 0.2) is 0 Å². The second kappa shape index (κ2) is 5.17. The molecule has 106 valence electrons. The lowest BCUT2D eigenvalue weighted by atomic mass is 10.0. The van der Waals surface area contributed by atoms with Gasteiger partial charge in [-0.1, -0.05) is 0 Å². The minimum absolute atomic E-state index is 0.432. The predicted molar refractivity (Wildman–Crippen MR) is 66.0 cm³/mol. The first-order chi connectivity index (χ1) is 8.59. The molecule has 0 saturated carbocycles. The first-order valence-electron chi connectivity index (χ1n) is 5.02. The molecule has 0 atom stereocenters. The van der Waals surface area contributed by atoms with E-state index in [9.17, 15) is 22.9 Å². The summed E-state index contributed by atoms with van der Waals surface area (Å²) in [5, 5.41) is 10.6. The van der Waals surface area contributed by atoms with Crippen molar-refractivity contribution in [2.45, 2.75) is 5.66 Å². The highest BCUT2D eigenvalue weighted by Gasteiger charge is 2.32. The maximum atomic E-state index is 13.6. The van der Waals surface area contributed by atoms with E-state index in [1.807, 2.05) is 4.72 Å². The maximum absolute atomic E-state index is 13.6. The van der Waals surface area contributed by atoms with E-state index in [2.05, 4.69) is 0 Å². The Balaban J connectivity index is 3.27. The second-order valence-corrected chi connectivity index (χ2v) is 5.85. The van der Waals surface area contributed by atoms with Crippen LogP contribution in [0.2, 0.25) is 0 Å². The largest absolute Gasteiger partial charge is 0.309 e. The number of hydrogen-bond donors (Lipinski definition) is 3. The first kappa shape index (κ1) is 15.4. The Bertz CT molecular complexity index is 602. The maximum Gasteiger partial charge on any atom is 0.270 e. The predicted octanol–water partition coefficient (Wildman–Crippen LogP) is -0.647. The third-order valence-electron chi connectivity index (χ3n) is 2.40. The lowest BCUT2D eigenvalue weighted by Gasteiger charge is -2.24. The number of non-ortho nitro benzene ring substituents is 1. The van der Waals surface area contributed by atoms with Gasteiger partial charge in [-0.05, 0) is 13.1 Å². The number of nitrogens with one attached hydrogen (secondary N) is 1. The van der Waals surface area contributed by atoms with Crippen LogP contribution in [0.25, 0.3) is 0 Å². The molecule has 1 aromatic rings. The third-order valence-corrected chi connectivity index (χ3v) is 3.88. The van der Waals surface area contributed by atoms with E-state index in [0.29, 0.717) is 0 Å². The summed E-state index contributed by atoms with van der Waals surface area (Å²) in [6.07, 6.45) is 0. The van der Waals surface area contributed by atoms with Gasteiger partial charge in [0.2, 0.25) is 10.0 Å². The van der Waals surface area contributed by atoms with Gasteiger partial charge in [-0.2, -0.15) is 0 Å². The van der Waals surface area contributed by atoms with Gasteiger partial charge in [-0.25, -0.2) is 17.5 Å². The zero-order chi connectivity index (χ0) is 14.8. The van der Waals surface area contributed by atoms with Crippen molar-refractivity contribution in [2.24, 2.45) is 11.5 Å². The van der Waals surface area contributed by atoms with Crippen molar-refractivity contribution in [3.05, 3.63) is 39.7 Å². The number of sulfonamides is 1. The van der Waals surface area contributed by atoms with Crippen LogP contribution in [0, 0.1) is 15.9 Å². The Morgan fingerprint density at radius 2 is 2.05 bits per heavy atom. The number of benzene rings is 1. The molecule has 0 heterocycles. The number of nitro groups is 1. The normalized spacial score (nSPS) is 12.4. The van der Waals surface area contributed by atoms with Crippen LogP contribution in [0.4, 0.5) is 10.1 Å². The molecule has 0 aliphatic carbocycles. The van der Waals surface area contributed by atoms with Crippen molar-refractivity contribution in [3.63, 3.8) is 0 Å². The molecular formula is C9H13FN4O4S. The minimum Gasteiger partial charge on any atom is -0.309 e. The monoisotopic (exact) mass is 292 g/mol. The third kappa shape index (κ3) is 3.67. The fraction of sp³-hybridized carbons (Fsp3) is 0.333. The molecule has 0 fully saturated rings. The van der Waals surface area contributed by atoms with Gasteiger partial charge < -0.3 is 11.5 Å². The molecular weight excluding hydrogens is 279 g/mol. The fourth-order valence-corrected chi connectivity index (χ4v) is 2.38. The Labute approximate surface area is 108 Å². The summed E-state index contributed by atoms with van der Waals surface area (Å²) < 4.78 is 38.4. The van der Waals surface area contributed by atoms with E-state index in [-0.39, 0.29) is 0 Å². The number of rotatable bonds is 5. The van der Waals surface area contributed by atoms with E-state index in [1.54, 1.807) is 0 Å². The van der Waals surface area contributed by atoms with Crippen LogP contribution < -0.4 is 16.2 Å². The quantitative estimate of drug-likeness (QED) is 0.374. The summed E-state index contributed by atoms with van der Waals surface area (Å²) in [5.41, 5.74) is 8.17. The number of hydrogen-bond acceptors (Lipinski definition) is 6. The smallest absolute Gasteiger partial charge is 0.270 e. The lowest BCUT2D eigenvalue weighted by Crippen LogP contribution is -2.53. The zero-order valence-electron chi connectivity index (χ0n) is 9.96. The van der Waals surface area contributed by atoms with Crippen LogP contribution in [0.5, 0.6) is 0 Å². The van der Waals surface area contributed by atoms with Gasteiger partial charge in [0.05, 0.1) is 10.7 Å². The minimum atomic E-state index is -3.81. The van der Waals surface area contributed by atoms with E-state index < -0.39 is 43.4 Å². The van der Waals surface area contributed by atoms with Gasteiger partial charge >= 0.3 is 0 Å². The highest BCUT2D eigenvalue weighted by molar-refractivity contribution is 7.89. The molecule has 0 spiro atoms. The van der Waals surface area contributed by atoms with E-state index >= 15 is 0 Å².